The largest absolute Gasteiger partial charge is 0.332 e. The van der Waals surface area contributed by atoms with Gasteiger partial charge >= 0.3 is 6.03 Å². The highest BCUT2D eigenvalue weighted by Gasteiger charge is 2.33. The second kappa shape index (κ2) is 8.04. The molecule has 6 nitrogen and oxygen atoms in total. The maximum atomic E-state index is 12.6. The summed E-state index contributed by atoms with van der Waals surface area (Å²) in [4.78, 5) is 16.8. The first kappa shape index (κ1) is 18.0. The number of carbonyl (C=O) groups is 1. The van der Waals surface area contributed by atoms with Crippen molar-refractivity contribution in [1.82, 2.24) is 24.9 Å². The summed E-state index contributed by atoms with van der Waals surface area (Å²) in [6.07, 6.45) is 14.0. The van der Waals surface area contributed by atoms with Crippen LogP contribution in [0.5, 0.6) is 0 Å². The maximum absolute atomic E-state index is 12.6. The fourth-order valence-corrected chi connectivity index (χ4v) is 4.21. The van der Waals surface area contributed by atoms with Crippen LogP contribution in [0.1, 0.15) is 43.7 Å². The van der Waals surface area contributed by atoms with E-state index < -0.39 is 0 Å². The Morgan fingerprint density at radius 3 is 2.88 bits per heavy atom. The van der Waals surface area contributed by atoms with Crippen molar-refractivity contribution in [3.63, 3.8) is 0 Å². The van der Waals surface area contributed by atoms with Gasteiger partial charge in [-0.1, -0.05) is 12.2 Å². The average Bonchev–Trinajstić information content (AvgIpc) is 3.01. The van der Waals surface area contributed by atoms with Gasteiger partial charge in [-0.2, -0.15) is 5.10 Å². The first-order valence-corrected chi connectivity index (χ1v) is 9.41. The van der Waals surface area contributed by atoms with Crippen molar-refractivity contribution in [1.29, 1.82) is 0 Å². The van der Waals surface area contributed by atoms with Gasteiger partial charge in [-0.05, 0) is 51.6 Å². The third kappa shape index (κ3) is 4.42. The molecule has 2 amide bonds. The van der Waals surface area contributed by atoms with E-state index >= 15 is 0 Å². The molecule has 1 aromatic heterocycles. The third-order valence-corrected chi connectivity index (χ3v) is 5.49. The number of urea groups is 1. The van der Waals surface area contributed by atoms with Crippen LogP contribution in [0.15, 0.2) is 24.5 Å². The second-order valence-corrected chi connectivity index (χ2v) is 7.57. The lowest BCUT2D eigenvalue weighted by atomic mass is 9.86. The fraction of sp³-hybridized carbons (Fsp3) is 0.684. The number of carbonyl (C=O) groups excluding carboxylic acids is 1. The van der Waals surface area contributed by atoms with E-state index in [-0.39, 0.29) is 12.1 Å². The molecule has 0 aromatic carbocycles. The molecular weight excluding hydrogens is 314 g/mol. The molecule has 2 heterocycles. The second-order valence-electron chi connectivity index (χ2n) is 7.57. The molecular formula is C19H31N5O. The Labute approximate surface area is 150 Å². The molecule has 6 heteroatoms. The van der Waals surface area contributed by atoms with Crippen molar-refractivity contribution in [3.8, 4) is 0 Å². The Hall–Kier alpha value is -1.82. The Kier molecular flexibility index (Phi) is 5.78. The molecule has 1 aliphatic heterocycles. The van der Waals surface area contributed by atoms with Gasteiger partial charge in [0.05, 0.1) is 6.20 Å². The smallest absolute Gasteiger partial charge is 0.317 e. The van der Waals surface area contributed by atoms with Crippen molar-refractivity contribution in [2.45, 2.75) is 44.2 Å². The number of nitrogens with one attached hydrogen (secondary N) is 1. The van der Waals surface area contributed by atoms with Crippen LogP contribution < -0.4 is 5.32 Å². The SMILES string of the molecule is CN(C[C@@H]1CCCN(C)[C@H]1c1cnn(C)c1)C(=O)NC1C=CCCC1. The number of hydrogen-bond acceptors (Lipinski definition) is 3. The van der Waals surface area contributed by atoms with Crippen LogP contribution in [0.3, 0.4) is 0 Å². The lowest BCUT2D eigenvalue weighted by Crippen LogP contribution is -2.47. The van der Waals surface area contributed by atoms with Crippen molar-refractivity contribution in [3.05, 3.63) is 30.1 Å². The predicted octanol–water partition coefficient (Wildman–Crippen LogP) is 2.55. The monoisotopic (exact) mass is 345 g/mol. The van der Waals surface area contributed by atoms with Gasteiger partial charge in [-0.25, -0.2) is 4.79 Å². The van der Waals surface area contributed by atoms with Gasteiger partial charge in [0.25, 0.3) is 0 Å². The number of rotatable bonds is 4. The van der Waals surface area contributed by atoms with Crippen LogP contribution >= 0.6 is 0 Å². The Morgan fingerprint density at radius 1 is 1.36 bits per heavy atom. The lowest BCUT2D eigenvalue weighted by Gasteiger charge is -2.40. The third-order valence-electron chi connectivity index (χ3n) is 5.49. The zero-order chi connectivity index (χ0) is 17.8. The molecule has 25 heavy (non-hydrogen) atoms. The number of likely N-dealkylation sites (tertiary alicyclic amines) is 1. The topological polar surface area (TPSA) is 53.4 Å². The van der Waals surface area contributed by atoms with E-state index in [2.05, 4.69) is 40.7 Å². The van der Waals surface area contributed by atoms with E-state index in [1.165, 1.54) is 12.0 Å². The van der Waals surface area contributed by atoms with E-state index in [1.54, 1.807) is 0 Å². The zero-order valence-corrected chi connectivity index (χ0v) is 15.7. The molecule has 138 valence electrons. The quantitative estimate of drug-likeness (QED) is 0.853. The van der Waals surface area contributed by atoms with E-state index in [9.17, 15) is 4.79 Å². The summed E-state index contributed by atoms with van der Waals surface area (Å²) in [5, 5.41) is 7.49. The van der Waals surface area contributed by atoms with Crippen molar-refractivity contribution < 1.29 is 4.79 Å². The maximum Gasteiger partial charge on any atom is 0.317 e. The van der Waals surface area contributed by atoms with E-state index in [0.29, 0.717) is 12.0 Å². The molecule has 1 saturated heterocycles. The summed E-state index contributed by atoms with van der Waals surface area (Å²) >= 11 is 0. The van der Waals surface area contributed by atoms with Gasteiger partial charge in [-0.15, -0.1) is 0 Å². The number of hydrogen-bond donors (Lipinski definition) is 1. The minimum Gasteiger partial charge on any atom is -0.332 e. The average molecular weight is 345 g/mol. The van der Waals surface area contributed by atoms with Crippen LogP contribution in [0.2, 0.25) is 0 Å². The lowest BCUT2D eigenvalue weighted by molar-refractivity contribution is 0.0992. The highest BCUT2D eigenvalue weighted by Crippen LogP contribution is 2.35. The fourth-order valence-electron chi connectivity index (χ4n) is 4.21. The van der Waals surface area contributed by atoms with Crippen LogP contribution in [-0.2, 0) is 7.05 Å². The molecule has 1 unspecified atom stereocenters. The summed E-state index contributed by atoms with van der Waals surface area (Å²) in [5.41, 5.74) is 1.25. The predicted molar refractivity (Wildman–Crippen MR) is 99.2 cm³/mol. The van der Waals surface area contributed by atoms with Crippen LogP contribution in [-0.4, -0.2) is 58.8 Å². The number of amides is 2. The normalized spacial score (nSPS) is 27.2. The standard InChI is InChI=1S/C19H31N5O/c1-22-11-7-8-15(18(22)16-12-20-24(3)14-16)13-23(2)19(25)21-17-9-5-4-6-10-17/h5,9,12,14-15,17-18H,4,6-8,10-11,13H2,1-3H3,(H,21,25)/t15-,17?,18+/m0/s1. The molecule has 2 aliphatic rings. The summed E-state index contributed by atoms with van der Waals surface area (Å²) < 4.78 is 1.86. The molecule has 3 rings (SSSR count). The summed E-state index contributed by atoms with van der Waals surface area (Å²) in [6, 6.07) is 0.550. The van der Waals surface area contributed by atoms with Crippen LogP contribution in [0.25, 0.3) is 0 Å². The molecule has 0 saturated carbocycles. The van der Waals surface area contributed by atoms with Gasteiger partial charge in [0.2, 0.25) is 0 Å². The molecule has 1 aromatic rings. The number of aromatic nitrogens is 2. The molecule has 1 aliphatic carbocycles. The minimum atomic E-state index is 0.0368. The number of aryl methyl sites for hydroxylation is 1. The summed E-state index contributed by atoms with van der Waals surface area (Å²) in [6.45, 7) is 1.87. The molecule has 1 fully saturated rings. The van der Waals surface area contributed by atoms with Crippen LogP contribution in [0, 0.1) is 5.92 Å². The first-order chi connectivity index (χ1) is 12.0. The molecule has 0 radical (unpaired) electrons. The minimum absolute atomic E-state index is 0.0368. The highest BCUT2D eigenvalue weighted by atomic mass is 16.2. The summed E-state index contributed by atoms with van der Waals surface area (Å²) in [7, 11) is 6.05. The van der Waals surface area contributed by atoms with Gasteiger partial charge in [0.15, 0.2) is 0 Å². The highest BCUT2D eigenvalue weighted by molar-refractivity contribution is 5.74. The first-order valence-electron chi connectivity index (χ1n) is 9.41. The summed E-state index contributed by atoms with van der Waals surface area (Å²) in [5.74, 6) is 0.431. The van der Waals surface area contributed by atoms with E-state index in [0.717, 1.165) is 38.8 Å². The van der Waals surface area contributed by atoms with Crippen molar-refractivity contribution in [2.75, 3.05) is 27.2 Å². The molecule has 0 spiro atoms. The van der Waals surface area contributed by atoms with Gasteiger partial charge in [0, 0.05) is 44.5 Å². The number of allylic oxidation sites excluding steroid dienone is 1. The Bertz CT molecular complexity index is 611. The van der Waals surface area contributed by atoms with Crippen LogP contribution in [0.4, 0.5) is 4.79 Å². The van der Waals surface area contributed by atoms with Crippen molar-refractivity contribution >= 4 is 6.03 Å². The number of nitrogens with zero attached hydrogens (tertiary/aromatic N) is 4. The van der Waals surface area contributed by atoms with Gasteiger partial charge in [0.1, 0.15) is 0 Å². The van der Waals surface area contributed by atoms with E-state index in [1.807, 2.05) is 29.9 Å². The zero-order valence-electron chi connectivity index (χ0n) is 15.7. The molecule has 0 bridgehead atoms. The van der Waals surface area contributed by atoms with Crippen molar-refractivity contribution in [2.24, 2.45) is 13.0 Å². The number of piperidine rings is 1. The van der Waals surface area contributed by atoms with Gasteiger partial charge < -0.3 is 10.2 Å². The Balaban J connectivity index is 1.63. The van der Waals surface area contributed by atoms with E-state index in [4.69, 9.17) is 0 Å². The Morgan fingerprint density at radius 2 is 2.20 bits per heavy atom. The molecule has 1 N–H and O–H groups in total. The molecule has 3 atom stereocenters. The van der Waals surface area contributed by atoms with Gasteiger partial charge in [-0.3, -0.25) is 9.58 Å².